The van der Waals surface area contributed by atoms with Gasteiger partial charge in [-0.1, -0.05) is 0 Å². The van der Waals surface area contributed by atoms with Gasteiger partial charge in [0.05, 0.1) is 0 Å². The Morgan fingerprint density at radius 1 is 1.15 bits per heavy atom. The second-order valence-corrected chi connectivity index (χ2v) is 2.19. The monoisotopic (exact) mass is 195 g/mol. The van der Waals surface area contributed by atoms with E-state index < -0.39 is 30.5 Å². The highest BCUT2D eigenvalue weighted by molar-refractivity contribution is 6.45. The van der Waals surface area contributed by atoms with Crippen LogP contribution in [0.2, 0.25) is 0 Å². The first-order chi connectivity index (χ1) is 5.88. The first-order valence-electron chi connectivity index (χ1n) is 3.12. The topological polar surface area (TPSA) is 70.6 Å². The Kier molecular flexibility index (Phi) is 2.22. The molecule has 0 saturated carbocycles. The Bertz CT molecular complexity index is 265. The zero-order valence-corrected chi connectivity index (χ0v) is 6.10. The maximum Gasteiger partial charge on any atom is 0.408 e. The van der Waals surface area contributed by atoms with Gasteiger partial charge in [0.2, 0.25) is 5.96 Å². The van der Waals surface area contributed by atoms with Crippen LogP contribution >= 0.6 is 0 Å². The van der Waals surface area contributed by atoms with E-state index in [4.69, 9.17) is 0 Å². The van der Waals surface area contributed by atoms with E-state index in [1.807, 2.05) is 10.6 Å². The summed E-state index contributed by atoms with van der Waals surface area (Å²) in [7, 11) is 0. The van der Waals surface area contributed by atoms with Gasteiger partial charge in [-0.05, 0) is 0 Å². The minimum atomic E-state index is -4.45. The van der Waals surface area contributed by atoms with Gasteiger partial charge in [0, 0.05) is 0 Å². The third kappa shape index (κ3) is 2.73. The maximum absolute atomic E-state index is 11.6. The summed E-state index contributed by atoms with van der Waals surface area (Å²) in [6.07, 6.45) is -4.45. The molecule has 1 rings (SSSR count). The molecule has 0 aromatic carbocycles. The third-order valence-corrected chi connectivity index (χ3v) is 1.09. The van der Waals surface area contributed by atoms with Crippen LogP contribution in [0.4, 0.5) is 13.2 Å². The zero-order valence-electron chi connectivity index (χ0n) is 6.10. The highest BCUT2D eigenvalue weighted by Gasteiger charge is 2.30. The average molecular weight is 195 g/mol. The number of carbonyl (C=O) groups is 2. The molecule has 13 heavy (non-hydrogen) atoms. The van der Waals surface area contributed by atoms with Crippen LogP contribution in [0.5, 0.6) is 0 Å². The SMILES string of the molecule is O=C1NC(=NCC(F)(F)F)NC1=O. The van der Waals surface area contributed by atoms with E-state index in [-0.39, 0.29) is 0 Å². The van der Waals surface area contributed by atoms with Crippen LogP contribution in [0.25, 0.3) is 0 Å². The highest BCUT2D eigenvalue weighted by Crippen LogP contribution is 2.14. The molecule has 1 saturated heterocycles. The molecule has 1 heterocycles. The number of rotatable bonds is 1. The summed E-state index contributed by atoms with van der Waals surface area (Å²) < 4.78 is 34.7. The van der Waals surface area contributed by atoms with E-state index in [1.54, 1.807) is 0 Å². The van der Waals surface area contributed by atoms with Gasteiger partial charge in [0.25, 0.3) is 0 Å². The molecular formula is C5H4F3N3O2. The van der Waals surface area contributed by atoms with Crippen LogP contribution in [-0.4, -0.2) is 30.5 Å². The van der Waals surface area contributed by atoms with Crippen molar-refractivity contribution in [2.24, 2.45) is 4.99 Å². The first-order valence-corrected chi connectivity index (χ1v) is 3.12. The van der Waals surface area contributed by atoms with Crippen molar-refractivity contribution in [2.45, 2.75) is 6.18 Å². The number of aliphatic imine (C=N–C) groups is 1. The lowest BCUT2D eigenvalue weighted by Gasteiger charge is -2.01. The maximum atomic E-state index is 11.6. The Hall–Kier alpha value is -1.60. The van der Waals surface area contributed by atoms with Crippen LogP contribution in [-0.2, 0) is 9.59 Å². The fraction of sp³-hybridized carbons (Fsp3) is 0.400. The second kappa shape index (κ2) is 3.04. The van der Waals surface area contributed by atoms with Crippen molar-refractivity contribution < 1.29 is 22.8 Å². The molecule has 5 nitrogen and oxygen atoms in total. The molecule has 0 aromatic heterocycles. The van der Waals surface area contributed by atoms with E-state index >= 15 is 0 Å². The third-order valence-electron chi connectivity index (χ3n) is 1.09. The van der Waals surface area contributed by atoms with Crippen LogP contribution in [0.15, 0.2) is 4.99 Å². The summed E-state index contributed by atoms with van der Waals surface area (Å²) in [4.78, 5) is 23.8. The standard InChI is InChI=1S/C5H4F3N3O2/c6-5(7,8)1-9-4-10-2(12)3(13)11-4/h1H2,(H2,9,10,11,12,13). The van der Waals surface area contributed by atoms with E-state index in [1.165, 1.54) is 0 Å². The molecule has 0 bridgehead atoms. The van der Waals surface area contributed by atoms with Gasteiger partial charge >= 0.3 is 18.0 Å². The Morgan fingerprint density at radius 2 is 1.62 bits per heavy atom. The molecular weight excluding hydrogens is 191 g/mol. The summed E-state index contributed by atoms with van der Waals surface area (Å²) in [5, 5.41) is 3.65. The summed E-state index contributed by atoms with van der Waals surface area (Å²) in [5.74, 6) is -2.49. The quantitative estimate of drug-likeness (QED) is 0.535. The highest BCUT2D eigenvalue weighted by atomic mass is 19.4. The van der Waals surface area contributed by atoms with Gasteiger partial charge in [-0.3, -0.25) is 20.2 Å². The van der Waals surface area contributed by atoms with Gasteiger partial charge in [-0.25, -0.2) is 4.99 Å². The number of nitrogens with zero attached hydrogens (tertiary/aromatic N) is 1. The van der Waals surface area contributed by atoms with Crippen LogP contribution < -0.4 is 10.6 Å². The van der Waals surface area contributed by atoms with Crippen molar-refractivity contribution in [3.8, 4) is 0 Å². The van der Waals surface area contributed by atoms with E-state index in [2.05, 4.69) is 4.99 Å². The normalized spacial score (nSPS) is 17.0. The van der Waals surface area contributed by atoms with Crippen molar-refractivity contribution in [3.63, 3.8) is 0 Å². The average Bonchev–Trinajstić information content (AvgIpc) is 2.27. The molecule has 2 N–H and O–H groups in total. The molecule has 8 heteroatoms. The molecule has 0 atom stereocenters. The lowest BCUT2D eigenvalue weighted by atomic mass is 10.6. The number of hydrogen-bond acceptors (Lipinski definition) is 3. The number of nitrogens with one attached hydrogen (secondary N) is 2. The number of carbonyl (C=O) groups excluding carboxylic acids is 2. The first kappa shape index (κ1) is 9.49. The largest absolute Gasteiger partial charge is 0.408 e. The van der Waals surface area contributed by atoms with Gasteiger partial charge in [-0.2, -0.15) is 13.2 Å². The van der Waals surface area contributed by atoms with E-state index in [0.717, 1.165) is 0 Å². The lowest BCUT2D eigenvalue weighted by molar-refractivity contribution is -0.135. The molecule has 1 aliphatic heterocycles. The fourth-order valence-corrected chi connectivity index (χ4v) is 0.608. The number of hydrogen-bond donors (Lipinski definition) is 2. The van der Waals surface area contributed by atoms with Crippen LogP contribution in [0.1, 0.15) is 0 Å². The van der Waals surface area contributed by atoms with Crippen molar-refractivity contribution in [1.29, 1.82) is 0 Å². The van der Waals surface area contributed by atoms with Gasteiger partial charge < -0.3 is 0 Å². The molecule has 1 fully saturated rings. The summed E-state index contributed by atoms with van der Waals surface area (Å²) >= 11 is 0. The van der Waals surface area contributed by atoms with Crippen molar-refractivity contribution in [3.05, 3.63) is 0 Å². The molecule has 0 aliphatic carbocycles. The zero-order chi connectivity index (χ0) is 10.1. The minimum absolute atomic E-state index is 0.465. The van der Waals surface area contributed by atoms with Crippen molar-refractivity contribution >= 4 is 17.8 Å². The smallest absolute Gasteiger partial charge is 0.288 e. The van der Waals surface area contributed by atoms with Crippen LogP contribution in [0, 0.1) is 0 Å². The number of guanidine groups is 1. The van der Waals surface area contributed by atoms with Crippen molar-refractivity contribution in [2.75, 3.05) is 6.54 Å². The lowest BCUT2D eigenvalue weighted by Crippen LogP contribution is -2.27. The molecule has 1 aliphatic rings. The minimum Gasteiger partial charge on any atom is -0.288 e. The van der Waals surface area contributed by atoms with Crippen molar-refractivity contribution in [1.82, 2.24) is 10.6 Å². The summed E-state index contributed by atoms with van der Waals surface area (Å²) in [5.41, 5.74) is 0. The predicted octanol–water partition coefficient (Wildman–Crippen LogP) is -0.849. The number of halogens is 3. The summed E-state index contributed by atoms with van der Waals surface area (Å²) in [6.45, 7) is -1.44. The molecule has 2 amide bonds. The Balaban J connectivity index is 2.56. The molecule has 72 valence electrons. The Morgan fingerprint density at radius 3 is 2.00 bits per heavy atom. The van der Waals surface area contributed by atoms with Crippen LogP contribution in [0.3, 0.4) is 0 Å². The van der Waals surface area contributed by atoms with Gasteiger partial charge in [0.15, 0.2) is 0 Å². The Labute approximate surface area is 70.0 Å². The van der Waals surface area contributed by atoms with E-state index in [9.17, 15) is 22.8 Å². The fourth-order valence-electron chi connectivity index (χ4n) is 0.608. The van der Waals surface area contributed by atoms with E-state index in [0.29, 0.717) is 0 Å². The van der Waals surface area contributed by atoms with Gasteiger partial charge in [-0.15, -0.1) is 0 Å². The molecule has 0 spiro atoms. The molecule has 0 unspecified atom stereocenters. The molecule has 0 aromatic rings. The van der Waals surface area contributed by atoms with Gasteiger partial charge in [0.1, 0.15) is 6.54 Å². The molecule has 0 radical (unpaired) electrons. The number of alkyl halides is 3. The second-order valence-electron chi connectivity index (χ2n) is 2.19. The number of amides is 2. The summed E-state index contributed by atoms with van der Waals surface area (Å²) in [6, 6.07) is 0. The predicted molar refractivity (Wildman–Crippen MR) is 34.6 cm³/mol.